The Labute approximate surface area is 212 Å². The number of sulfonamides is 1. The van der Waals surface area contributed by atoms with Gasteiger partial charge in [0.25, 0.3) is 10.0 Å². The van der Waals surface area contributed by atoms with Gasteiger partial charge in [-0.05, 0) is 102 Å². The molecule has 34 heavy (non-hydrogen) atoms. The van der Waals surface area contributed by atoms with Gasteiger partial charge in [-0.15, -0.1) is 0 Å². The zero-order valence-corrected chi connectivity index (χ0v) is 21.4. The van der Waals surface area contributed by atoms with Crippen molar-refractivity contribution in [2.24, 2.45) is 0 Å². The number of methoxy groups -OCH3 is 1. The van der Waals surface area contributed by atoms with Crippen molar-refractivity contribution < 1.29 is 13.2 Å². The van der Waals surface area contributed by atoms with Crippen molar-refractivity contribution in [2.45, 2.75) is 11.8 Å². The summed E-state index contributed by atoms with van der Waals surface area (Å²) >= 11 is 2.13. The van der Waals surface area contributed by atoms with Crippen molar-refractivity contribution >= 4 is 61.4 Å². The maximum atomic E-state index is 12.6. The number of nitrogens with zero attached hydrogens (tertiary/aromatic N) is 2. The summed E-state index contributed by atoms with van der Waals surface area (Å²) in [7, 11) is -2.04. The van der Waals surface area contributed by atoms with Crippen LogP contribution in [-0.2, 0) is 10.0 Å². The van der Waals surface area contributed by atoms with Crippen molar-refractivity contribution in [1.29, 1.82) is 0 Å². The predicted octanol–water partition coefficient (Wildman–Crippen LogP) is 5.69. The number of hydrogen-bond acceptors (Lipinski definition) is 7. The molecule has 0 spiro atoms. The number of aromatic nitrogens is 2. The van der Waals surface area contributed by atoms with E-state index >= 15 is 0 Å². The summed E-state index contributed by atoms with van der Waals surface area (Å²) in [6.45, 7) is 1.88. The molecule has 3 N–H and O–H groups in total. The Kier molecular flexibility index (Phi) is 7.17. The highest BCUT2D eigenvalue weighted by molar-refractivity contribution is 14.1. The van der Waals surface area contributed by atoms with E-state index < -0.39 is 10.0 Å². The Balaban J connectivity index is 1.45. The molecule has 8 nitrogen and oxygen atoms in total. The van der Waals surface area contributed by atoms with Gasteiger partial charge in [-0.25, -0.2) is 13.4 Å². The van der Waals surface area contributed by atoms with Crippen LogP contribution in [0.5, 0.6) is 5.75 Å². The van der Waals surface area contributed by atoms with Crippen molar-refractivity contribution in [3.05, 3.63) is 88.1 Å². The topological polar surface area (TPSA) is 105 Å². The molecule has 0 radical (unpaired) electrons. The van der Waals surface area contributed by atoms with E-state index in [0.29, 0.717) is 17.5 Å². The highest BCUT2D eigenvalue weighted by atomic mass is 127. The first-order valence-corrected chi connectivity index (χ1v) is 12.8. The second kappa shape index (κ2) is 10.3. The van der Waals surface area contributed by atoms with E-state index in [-0.39, 0.29) is 4.90 Å². The lowest BCUT2D eigenvalue weighted by atomic mass is 10.3. The number of rotatable bonds is 8. The summed E-state index contributed by atoms with van der Waals surface area (Å²) < 4.78 is 33.9. The predicted molar refractivity (Wildman–Crippen MR) is 143 cm³/mol. The van der Waals surface area contributed by atoms with Crippen LogP contribution < -0.4 is 20.1 Å². The Hall–Kier alpha value is -3.38. The van der Waals surface area contributed by atoms with E-state index in [4.69, 9.17) is 4.74 Å². The van der Waals surface area contributed by atoms with Crippen molar-refractivity contribution in [3.63, 3.8) is 0 Å². The lowest BCUT2D eigenvalue weighted by molar-refractivity contribution is 0.415. The summed E-state index contributed by atoms with van der Waals surface area (Å²) in [5.74, 6) is 1.83. The number of aryl methyl sites for hydroxylation is 1. The third kappa shape index (κ3) is 6.14. The van der Waals surface area contributed by atoms with Crippen LogP contribution in [0.3, 0.4) is 0 Å². The molecule has 0 atom stereocenters. The van der Waals surface area contributed by atoms with E-state index in [1.165, 1.54) is 0 Å². The maximum Gasteiger partial charge on any atom is 0.261 e. The Morgan fingerprint density at radius 2 is 1.38 bits per heavy atom. The van der Waals surface area contributed by atoms with E-state index in [2.05, 4.69) is 47.9 Å². The molecule has 0 saturated heterocycles. The minimum absolute atomic E-state index is 0.208. The largest absolute Gasteiger partial charge is 0.497 e. The average Bonchev–Trinajstić information content (AvgIpc) is 2.81. The molecule has 0 saturated carbocycles. The zero-order chi connectivity index (χ0) is 24.1. The second-order valence-electron chi connectivity index (χ2n) is 7.33. The summed E-state index contributed by atoms with van der Waals surface area (Å²) in [5.41, 5.74) is 2.83. The zero-order valence-electron chi connectivity index (χ0n) is 18.4. The van der Waals surface area contributed by atoms with E-state index in [1.807, 2.05) is 37.3 Å². The quantitative estimate of drug-likeness (QED) is 0.228. The first kappa shape index (κ1) is 23.8. The lowest BCUT2D eigenvalue weighted by Gasteiger charge is -2.12. The van der Waals surface area contributed by atoms with Gasteiger partial charge in [0, 0.05) is 32.4 Å². The minimum Gasteiger partial charge on any atom is -0.497 e. The van der Waals surface area contributed by atoms with E-state index in [0.717, 1.165) is 26.4 Å². The minimum atomic E-state index is -3.66. The standard InChI is InChI=1S/C24H22IN5O3S/c1-16-15-23(27-18-9-11-21(33-2)12-10-18)29-24(26-16)28-19-5-7-20(8-6-19)30-34(31,32)22-13-3-17(25)4-14-22/h3-15,30H,1-2H3,(H2,26,27,28,29). The van der Waals surface area contributed by atoms with E-state index in [1.54, 1.807) is 55.6 Å². The van der Waals surface area contributed by atoms with Gasteiger partial charge in [-0.2, -0.15) is 4.98 Å². The highest BCUT2D eigenvalue weighted by Gasteiger charge is 2.14. The van der Waals surface area contributed by atoms with Gasteiger partial charge >= 0.3 is 0 Å². The maximum absolute atomic E-state index is 12.6. The molecular formula is C24H22IN5O3S. The molecule has 0 amide bonds. The Morgan fingerprint density at radius 3 is 2.03 bits per heavy atom. The summed E-state index contributed by atoms with van der Waals surface area (Å²) in [4.78, 5) is 9.16. The number of hydrogen-bond donors (Lipinski definition) is 3. The van der Waals surface area contributed by atoms with Gasteiger partial charge in [0.2, 0.25) is 5.95 Å². The normalized spacial score (nSPS) is 11.0. The number of ether oxygens (including phenoxy) is 1. The first-order chi connectivity index (χ1) is 16.3. The van der Waals surface area contributed by atoms with Gasteiger partial charge in [0.1, 0.15) is 11.6 Å². The summed E-state index contributed by atoms with van der Waals surface area (Å²) in [6, 6.07) is 22.9. The summed E-state index contributed by atoms with van der Waals surface area (Å²) in [6.07, 6.45) is 0. The molecule has 3 aromatic carbocycles. The van der Waals surface area contributed by atoms with Crippen LogP contribution in [0.2, 0.25) is 0 Å². The fourth-order valence-corrected chi connectivity index (χ4v) is 4.51. The molecule has 1 aromatic heterocycles. The van der Waals surface area contributed by atoms with Crippen LogP contribution in [0.4, 0.5) is 28.8 Å². The fraction of sp³-hybridized carbons (Fsp3) is 0.0833. The summed E-state index contributed by atoms with van der Waals surface area (Å²) in [5, 5.41) is 6.41. The fourth-order valence-electron chi connectivity index (χ4n) is 3.09. The highest BCUT2D eigenvalue weighted by Crippen LogP contribution is 2.23. The second-order valence-corrected chi connectivity index (χ2v) is 10.3. The molecule has 0 bridgehead atoms. The number of nitrogens with one attached hydrogen (secondary N) is 3. The van der Waals surface area contributed by atoms with Gasteiger partial charge in [-0.3, -0.25) is 4.72 Å². The molecule has 0 aliphatic carbocycles. The molecular weight excluding hydrogens is 565 g/mol. The van der Waals surface area contributed by atoms with Crippen molar-refractivity contribution in [2.75, 3.05) is 22.5 Å². The molecule has 0 unspecified atom stereocenters. The van der Waals surface area contributed by atoms with Crippen LogP contribution in [0.25, 0.3) is 0 Å². The number of benzene rings is 3. The van der Waals surface area contributed by atoms with Crippen LogP contribution >= 0.6 is 22.6 Å². The van der Waals surface area contributed by atoms with Gasteiger partial charge in [-0.1, -0.05) is 0 Å². The van der Waals surface area contributed by atoms with Crippen LogP contribution in [0.15, 0.2) is 83.8 Å². The van der Waals surface area contributed by atoms with Gasteiger partial charge in [0.05, 0.1) is 12.0 Å². The molecule has 4 rings (SSSR count). The van der Waals surface area contributed by atoms with Crippen LogP contribution in [-0.4, -0.2) is 25.5 Å². The molecule has 174 valence electrons. The molecule has 0 fully saturated rings. The van der Waals surface area contributed by atoms with Gasteiger partial charge < -0.3 is 15.4 Å². The third-order valence-corrected chi connectivity index (χ3v) is 6.85. The van der Waals surface area contributed by atoms with Crippen molar-refractivity contribution in [3.8, 4) is 5.75 Å². The van der Waals surface area contributed by atoms with Crippen LogP contribution in [0, 0.1) is 10.5 Å². The molecule has 10 heteroatoms. The van der Waals surface area contributed by atoms with Gasteiger partial charge in [0.15, 0.2) is 0 Å². The molecule has 1 heterocycles. The Bertz CT molecular complexity index is 1380. The smallest absolute Gasteiger partial charge is 0.261 e. The number of halogens is 1. The molecule has 0 aliphatic heterocycles. The van der Waals surface area contributed by atoms with Crippen molar-refractivity contribution in [1.82, 2.24) is 9.97 Å². The van der Waals surface area contributed by atoms with E-state index in [9.17, 15) is 8.42 Å². The van der Waals surface area contributed by atoms with Crippen LogP contribution in [0.1, 0.15) is 5.69 Å². The monoisotopic (exact) mass is 587 g/mol. The first-order valence-electron chi connectivity index (χ1n) is 10.2. The SMILES string of the molecule is COc1ccc(Nc2cc(C)nc(Nc3ccc(NS(=O)(=O)c4ccc(I)cc4)cc3)n2)cc1. The molecule has 0 aliphatic rings. The third-order valence-electron chi connectivity index (χ3n) is 4.73. The average molecular weight is 587 g/mol. The lowest BCUT2D eigenvalue weighted by Crippen LogP contribution is -2.12. The Morgan fingerprint density at radius 1 is 0.794 bits per heavy atom. The number of anilines is 5. The molecule has 4 aromatic rings.